The van der Waals surface area contributed by atoms with Gasteiger partial charge in [-0.1, -0.05) is 56.7 Å². The minimum absolute atomic E-state index is 0.114. The third-order valence-electron chi connectivity index (χ3n) is 4.28. The molecule has 0 spiro atoms. The van der Waals surface area contributed by atoms with E-state index in [1.165, 1.54) is 27.8 Å². The molecule has 0 aromatic heterocycles. The summed E-state index contributed by atoms with van der Waals surface area (Å²) >= 11 is 6.59. The number of rotatable bonds is 3. The normalized spacial score (nSPS) is 15.7. The molecule has 0 aliphatic heterocycles. The van der Waals surface area contributed by atoms with Crippen molar-refractivity contribution in [3.8, 4) is 11.1 Å². The molecule has 2 aromatic rings. The second kappa shape index (κ2) is 5.02. The highest BCUT2D eigenvalue weighted by atomic mass is 35.5. The molecule has 0 saturated carbocycles. The number of fused-ring (bicyclic) bond motifs is 3. The van der Waals surface area contributed by atoms with Gasteiger partial charge in [-0.25, -0.2) is 0 Å². The van der Waals surface area contributed by atoms with Gasteiger partial charge in [0.15, 0.2) is 0 Å². The summed E-state index contributed by atoms with van der Waals surface area (Å²) in [7, 11) is 0. The van der Waals surface area contributed by atoms with Crippen LogP contribution in [0.1, 0.15) is 42.3 Å². The number of halogens is 1. The van der Waals surface area contributed by atoms with Gasteiger partial charge in [-0.3, -0.25) is 0 Å². The lowest BCUT2D eigenvalue weighted by molar-refractivity contribution is 0.542. The molecule has 0 heterocycles. The number of hydrogen-bond acceptors (Lipinski definition) is 0. The maximum Gasteiger partial charge on any atom is 0.0610 e. The fourth-order valence-electron chi connectivity index (χ4n) is 2.85. The van der Waals surface area contributed by atoms with Crippen LogP contribution in [0.2, 0.25) is 0 Å². The molecule has 0 amide bonds. The molecule has 1 aliphatic rings. The quantitative estimate of drug-likeness (QED) is 0.545. The summed E-state index contributed by atoms with van der Waals surface area (Å²) in [6.45, 7) is 4.42. The SMILES string of the molecule is CCC(C)C(Cl)c1ccc2c(c1)-c1ccccc1C2. The minimum atomic E-state index is 0.114. The van der Waals surface area contributed by atoms with Crippen LogP contribution in [0.25, 0.3) is 11.1 Å². The van der Waals surface area contributed by atoms with Crippen LogP contribution in [0, 0.1) is 5.92 Å². The van der Waals surface area contributed by atoms with E-state index in [2.05, 4.69) is 56.3 Å². The summed E-state index contributed by atoms with van der Waals surface area (Å²) in [5.74, 6) is 0.511. The first-order chi connectivity index (χ1) is 9.20. The van der Waals surface area contributed by atoms with Crippen LogP contribution in [-0.4, -0.2) is 0 Å². The summed E-state index contributed by atoms with van der Waals surface area (Å²) in [6, 6.07) is 15.4. The predicted octanol–water partition coefficient (Wildman–Crippen LogP) is 5.58. The lowest BCUT2D eigenvalue weighted by atomic mass is 9.95. The van der Waals surface area contributed by atoms with Gasteiger partial charge in [-0.05, 0) is 46.2 Å². The summed E-state index contributed by atoms with van der Waals surface area (Å²) < 4.78 is 0. The van der Waals surface area contributed by atoms with Gasteiger partial charge in [0.1, 0.15) is 0 Å². The van der Waals surface area contributed by atoms with Crippen molar-refractivity contribution < 1.29 is 0 Å². The average Bonchev–Trinajstić information content (AvgIpc) is 2.83. The summed E-state index contributed by atoms with van der Waals surface area (Å²) in [5.41, 5.74) is 6.88. The van der Waals surface area contributed by atoms with Gasteiger partial charge < -0.3 is 0 Å². The van der Waals surface area contributed by atoms with E-state index in [1.807, 2.05) is 0 Å². The third-order valence-corrected chi connectivity index (χ3v) is 4.97. The van der Waals surface area contributed by atoms with E-state index < -0.39 is 0 Å². The highest BCUT2D eigenvalue weighted by molar-refractivity contribution is 6.21. The van der Waals surface area contributed by atoms with Crippen molar-refractivity contribution in [2.24, 2.45) is 5.92 Å². The van der Waals surface area contributed by atoms with Crippen LogP contribution < -0.4 is 0 Å². The largest absolute Gasteiger partial charge is 0.118 e. The van der Waals surface area contributed by atoms with E-state index in [1.54, 1.807) is 0 Å². The Morgan fingerprint density at radius 1 is 1.05 bits per heavy atom. The first-order valence-corrected chi connectivity index (χ1v) is 7.49. The topological polar surface area (TPSA) is 0 Å². The Labute approximate surface area is 120 Å². The van der Waals surface area contributed by atoms with E-state index >= 15 is 0 Å². The number of hydrogen-bond donors (Lipinski definition) is 0. The molecule has 98 valence electrons. The van der Waals surface area contributed by atoms with Gasteiger partial charge in [-0.2, -0.15) is 0 Å². The Hall–Kier alpha value is -1.27. The molecule has 0 nitrogen and oxygen atoms in total. The zero-order valence-corrected chi connectivity index (χ0v) is 12.2. The van der Waals surface area contributed by atoms with Crippen molar-refractivity contribution in [3.63, 3.8) is 0 Å². The fourth-order valence-corrected chi connectivity index (χ4v) is 3.16. The standard InChI is InChI=1S/C18H19Cl/c1-3-12(2)18(19)15-9-8-14-10-13-6-4-5-7-16(13)17(14)11-15/h4-9,11-12,18H,3,10H2,1-2H3. The van der Waals surface area contributed by atoms with Crippen LogP contribution in [0.5, 0.6) is 0 Å². The Morgan fingerprint density at radius 2 is 1.79 bits per heavy atom. The van der Waals surface area contributed by atoms with E-state index in [4.69, 9.17) is 11.6 Å². The Bertz CT molecular complexity index is 600. The van der Waals surface area contributed by atoms with Crippen LogP contribution in [0.15, 0.2) is 42.5 Å². The van der Waals surface area contributed by atoms with Crippen molar-refractivity contribution in [3.05, 3.63) is 59.2 Å². The zero-order valence-electron chi connectivity index (χ0n) is 11.5. The molecule has 2 atom stereocenters. The molecule has 3 rings (SSSR count). The second-order valence-electron chi connectivity index (χ2n) is 5.54. The molecule has 1 aliphatic carbocycles. The van der Waals surface area contributed by atoms with E-state index in [0.29, 0.717) is 5.92 Å². The first kappa shape index (κ1) is 12.7. The molecule has 0 bridgehead atoms. The predicted molar refractivity (Wildman–Crippen MR) is 82.7 cm³/mol. The van der Waals surface area contributed by atoms with Gasteiger partial charge in [-0.15, -0.1) is 11.6 Å². The monoisotopic (exact) mass is 270 g/mol. The summed E-state index contributed by atoms with van der Waals surface area (Å²) in [4.78, 5) is 0. The number of alkyl halides is 1. The Morgan fingerprint density at radius 3 is 2.58 bits per heavy atom. The van der Waals surface area contributed by atoms with Gasteiger partial charge in [0.25, 0.3) is 0 Å². The average molecular weight is 271 g/mol. The minimum Gasteiger partial charge on any atom is -0.118 e. The summed E-state index contributed by atoms with van der Waals surface area (Å²) in [5, 5.41) is 0.114. The molecule has 1 heteroatoms. The molecular formula is C18H19Cl. The van der Waals surface area contributed by atoms with Gasteiger partial charge in [0.05, 0.1) is 5.38 Å². The highest BCUT2D eigenvalue weighted by Crippen LogP contribution is 2.40. The van der Waals surface area contributed by atoms with E-state index in [-0.39, 0.29) is 5.38 Å². The summed E-state index contributed by atoms with van der Waals surface area (Å²) in [6.07, 6.45) is 2.17. The molecule has 0 saturated heterocycles. The maximum atomic E-state index is 6.59. The van der Waals surface area contributed by atoms with Crippen molar-refractivity contribution in [1.82, 2.24) is 0 Å². The van der Waals surface area contributed by atoms with Crippen molar-refractivity contribution in [2.75, 3.05) is 0 Å². The molecule has 0 N–H and O–H groups in total. The van der Waals surface area contributed by atoms with Crippen LogP contribution in [0.3, 0.4) is 0 Å². The van der Waals surface area contributed by atoms with Crippen LogP contribution >= 0.6 is 11.6 Å². The first-order valence-electron chi connectivity index (χ1n) is 7.06. The number of benzene rings is 2. The molecule has 19 heavy (non-hydrogen) atoms. The third kappa shape index (κ3) is 2.19. The van der Waals surface area contributed by atoms with Crippen molar-refractivity contribution in [1.29, 1.82) is 0 Å². The zero-order chi connectivity index (χ0) is 13.4. The van der Waals surface area contributed by atoms with E-state index in [0.717, 1.165) is 12.8 Å². The Kier molecular flexibility index (Phi) is 3.36. The molecule has 2 unspecified atom stereocenters. The lowest BCUT2D eigenvalue weighted by Crippen LogP contribution is -2.02. The Balaban J connectivity index is 2.02. The second-order valence-corrected chi connectivity index (χ2v) is 6.01. The van der Waals surface area contributed by atoms with Gasteiger partial charge >= 0.3 is 0 Å². The molecule has 0 radical (unpaired) electrons. The van der Waals surface area contributed by atoms with Crippen LogP contribution in [-0.2, 0) is 6.42 Å². The highest BCUT2D eigenvalue weighted by Gasteiger charge is 2.21. The lowest BCUT2D eigenvalue weighted by Gasteiger charge is -2.17. The van der Waals surface area contributed by atoms with Crippen molar-refractivity contribution in [2.45, 2.75) is 32.1 Å². The molecule has 2 aromatic carbocycles. The molecule has 0 fully saturated rings. The van der Waals surface area contributed by atoms with Gasteiger partial charge in [0, 0.05) is 0 Å². The smallest absolute Gasteiger partial charge is 0.0610 e. The van der Waals surface area contributed by atoms with Crippen molar-refractivity contribution >= 4 is 11.6 Å². The molecular weight excluding hydrogens is 252 g/mol. The maximum absolute atomic E-state index is 6.59. The van der Waals surface area contributed by atoms with Crippen LogP contribution in [0.4, 0.5) is 0 Å². The van der Waals surface area contributed by atoms with E-state index in [9.17, 15) is 0 Å². The van der Waals surface area contributed by atoms with Gasteiger partial charge in [0.2, 0.25) is 0 Å². The fraction of sp³-hybridized carbons (Fsp3) is 0.333.